The Bertz CT molecular complexity index is 1120. The second-order valence-corrected chi connectivity index (χ2v) is 11.1. The van der Waals surface area contributed by atoms with E-state index in [0.717, 1.165) is 70.4 Å². The number of hydrogen-bond donors (Lipinski definition) is 2. The minimum atomic E-state index is -0.428. The molecular weight excluding hydrogens is 496 g/mol. The van der Waals surface area contributed by atoms with Crippen LogP contribution in [0.15, 0.2) is 18.6 Å². The molecule has 39 heavy (non-hydrogen) atoms. The Morgan fingerprint density at radius 1 is 1.00 bits per heavy atom. The van der Waals surface area contributed by atoms with Gasteiger partial charge in [-0.15, -0.1) is 0 Å². The van der Waals surface area contributed by atoms with Gasteiger partial charge in [0, 0.05) is 63.6 Å². The molecular formula is C28H42N8O3. The lowest BCUT2D eigenvalue weighted by atomic mass is 9.88. The zero-order valence-corrected chi connectivity index (χ0v) is 23.3. The first kappa shape index (κ1) is 27.4. The monoisotopic (exact) mass is 538 g/mol. The molecule has 0 aromatic carbocycles. The number of esters is 1. The van der Waals surface area contributed by atoms with Gasteiger partial charge in [0.1, 0.15) is 11.4 Å². The molecule has 0 bridgehead atoms. The summed E-state index contributed by atoms with van der Waals surface area (Å²) < 4.78 is 6.95. The first-order chi connectivity index (χ1) is 19.0. The van der Waals surface area contributed by atoms with Crippen LogP contribution in [0.4, 0.5) is 17.5 Å². The lowest BCUT2D eigenvalue weighted by Gasteiger charge is -2.43. The van der Waals surface area contributed by atoms with E-state index in [4.69, 9.17) is 4.74 Å². The molecule has 3 aliphatic rings. The van der Waals surface area contributed by atoms with E-state index < -0.39 is 5.97 Å². The molecule has 1 aliphatic heterocycles. The molecule has 1 saturated heterocycles. The maximum absolute atomic E-state index is 12.9. The molecule has 2 saturated carbocycles. The third kappa shape index (κ3) is 6.87. The molecule has 2 aromatic rings. The molecule has 11 nitrogen and oxygen atoms in total. The number of nitrogens with zero attached hydrogens (tertiary/aromatic N) is 6. The maximum Gasteiger partial charge on any atom is 0.343 e. The predicted octanol–water partition coefficient (Wildman–Crippen LogP) is 3.58. The van der Waals surface area contributed by atoms with Gasteiger partial charge in [0.2, 0.25) is 11.9 Å². The van der Waals surface area contributed by atoms with E-state index in [2.05, 4.69) is 35.5 Å². The highest BCUT2D eigenvalue weighted by molar-refractivity contribution is 5.94. The SMILES string of the molecule is CCOC(=O)c1cnc(Nc2cnn(C)c2)nc1NC1CCC(N2CCN(C(=O)C3CCCCC3)CC2)CC1. The summed E-state index contributed by atoms with van der Waals surface area (Å²) in [5.41, 5.74) is 1.11. The summed E-state index contributed by atoms with van der Waals surface area (Å²) in [5.74, 6) is 1.11. The minimum Gasteiger partial charge on any atom is -0.462 e. The van der Waals surface area contributed by atoms with Crippen molar-refractivity contribution < 1.29 is 14.3 Å². The highest BCUT2D eigenvalue weighted by Crippen LogP contribution is 2.29. The highest BCUT2D eigenvalue weighted by Gasteiger charge is 2.32. The first-order valence-corrected chi connectivity index (χ1v) is 14.6. The summed E-state index contributed by atoms with van der Waals surface area (Å²) in [6.07, 6.45) is 15.0. The Morgan fingerprint density at radius 2 is 1.74 bits per heavy atom. The van der Waals surface area contributed by atoms with Crippen molar-refractivity contribution >= 4 is 29.3 Å². The molecule has 2 aromatic heterocycles. The molecule has 3 heterocycles. The first-order valence-electron chi connectivity index (χ1n) is 14.6. The van der Waals surface area contributed by atoms with Gasteiger partial charge in [-0.05, 0) is 45.4 Å². The Hall–Kier alpha value is -3.21. The topological polar surface area (TPSA) is 118 Å². The number of anilines is 3. The van der Waals surface area contributed by atoms with E-state index in [9.17, 15) is 9.59 Å². The van der Waals surface area contributed by atoms with E-state index in [1.54, 1.807) is 17.8 Å². The van der Waals surface area contributed by atoms with E-state index in [0.29, 0.717) is 35.9 Å². The number of hydrogen-bond acceptors (Lipinski definition) is 9. The number of carbonyl (C=O) groups excluding carboxylic acids is 2. The van der Waals surface area contributed by atoms with Gasteiger partial charge in [0.15, 0.2) is 0 Å². The molecule has 5 rings (SSSR count). The molecule has 2 aliphatic carbocycles. The van der Waals surface area contributed by atoms with Crippen LogP contribution in [0, 0.1) is 5.92 Å². The molecule has 11 heteroatoms. The molecule has 1 amide bonds. The fourth-order valence-electron chi connectivity index (χ4n) is 6.22. The normalized spacial score (nSPS) is 22.9. The predicted molar refractivity (Wildman–Crippen MR) is 149 cm³/mol. The summed E-state index contributed by atoms with van der Waals surface area (Å²) in [5, 5.41) is 10.8. The second kappa shape index (κ2) is 12.8. The van der Waals surface area contributed by atoms with Crippen molar-refractivity contribution in [1.29, 1.82) is 0 Å². The van der Waals surface area contributed by atoms with E-state index in [1.165, 1.54) is 25.5 Å². The van der Waals surface area contributed by atoms with E-state index >= 15 is 0 Å². The van der Waals surface area contributed by atoms with Crippen molar-refractivity contribution in [2.24, 2.45) is 13.0 Å². The average Bonchev–Trinajstić information content (AvgIpc) is 3.38. The Kier molecular flexibility index (Phi) is 8.95. The zero-order chi connectivity index (χ0) is 27.2. The fraction of sp³-hybridized carbons (Fsp3) is 0.679. The third-order valence-electron chi connectivity index (χ3n) is 8.38. The lowest BCUT2D eigenvalue weighted by molar-refractivity contribution is -0.138. The van der Waals surface area contributed by atoms with Crippen LogP contribution in [0.5, 0.6) is 0 Å². The molecule has 0 spiro atoms. The van der Waals surface area contributed by atoms with Crippen LogP contribution in [0.1, 0.15) is 75.1 Å². The van der Waals surface area contributed by atoms with E-state index in [1.807, 2.05) is 13.2 Å². The summed E-state index contributed by atoms with van der Waals surface area (Å²) in [4.78, 5) is 39.2. The van der Waals surface area contributed by atoms with Gasteiger partial charge in [-0.25, -0.2) is 9.78 Å². The summed E-state index contributed by atoms with van der Waals surface area (Å²) in [7, 11) is 1.84. The molecule has 0 unspecified atom stereocenters. The summed E-state index contributed by atoms with van der Waals surface area (Å²) in [6, 6.07) is 0.748. The summed E-state index contributed by atoms with van der Waals surface area (Å²) >= 11 is 0. The minimum absolute atomic E-state index is 0.213. The zero-order valence-electron chi connectivity index (χ0n) is 23.3. The molecule has 2 N–H and O–H groups in total. The van der Waals surface area contributed by atoms with Crippen molar-refractivity contribution in [3.63, 3.8) is 0 Å². The number of nitrogens with one attached hydrogen (secondary N) is 2. The standard InChI is InChI=1S/C28H42N8O3/c1-3-39-27(38)24-18-29-28(32-22-17-30-34(2)19-22)33-25(24)31-21-9-11-23(12-10-21)35-13-15-36(16-14-35)26(37)20-7-5-4-6-8-20/h17-21,23H,3-16H2,1-2H3,(H2,29,31,32,33). The Balaban J connectivity index is 1.15. The van der Waals surface area contributed by atoms with Gasteiger partial charge < -0.3 is 20.3 Å². The number of aromatic nitrogens is 4. The third-order valence-corrected chi connectivity index (χ3v) is 8.38. The van der Waals surface area contributed by atoms with Crippen LogP contribution in [0.2, 0.25) is 0 Å². The van der Waals surface area contributed by atoms with Crippen LogP contribution in [0.25, 0.3) is 0 Å². The van der Waals surface area contributed by atoms with Crippen LogP contribution in [-0.2, 0) is 16.6 Å². The van der Waals surface area contributed by atoms with Crippen LogP contribution < -0.4 is 10.6 Å². The van der Waals surface area contributed by atoms with Crippen molar-refractivity contribution in [2.45, 2.75) is 76.8 Å². The van der Waals surface area contributed by atoms with Crippen molar-refractivity contribution in [3.05, 3.63) is 24.2 Å². The van der Waals surface area contributed by atoms with E-state index in [-0.39, 0.29) is 12.0 Å². The number of piperazine rings is 1. The summed E-state index contributed by atoms with van der Waals surface area (Å²) in [6.45, 7) is 5.71. The lowest BCUT2D eigenvalue weighted by Crippen LogP contribution is -2.54. The number of amides is 1. The number of carbonyl (C=O) groups is 2. The maximum atomic E-state index is 12.9. The average molecular weight is 539 g/mol. The fourth-order valence-corrected chi connectivity index (χ4v) is 6.22. The quantitative estimate of drug-likeness (QED) is 0.486. The van der Waals surface area contributed by atoms with Gasteiger partial charge in [0.05, 0.1) is 18.5 Å². The van der Waals surface area contributed by atoms with Crippen molar-refractivity contribution in [1.82, 2.24) is 29.5 Å². The van der Waals surface area contributed by atoms with Crippen LogP contribution in [-0.4, -0.2) is 86.3 Å². The van der Waals surface area contributed by atoms with Gasteiger partial charge in [-0.2, -0.15) is 10.1 Å². The molecule has 0 radical (unpaired) electrons. The number of rotatable bonds is 8. The Morgan fingerprint density at radius 3 is 2.41 bits per heavy atom. The second-order valence-electron chi connectivity index (χ2n) is 11.1. The highest BCUT2D eigenvalue weighted by atomic mass is 16.5. The van der Waals surface area contributed by atoms with Crippen molar-refractivity contribution in [2.75, 3.05) is 43.4 Å². The smallest absolute Gasteiger partial charge is 0.343 e. The van der Waals surface area contributed by atoms with Crippen molar-refractivity contribution in [3.8, 4) is 0 Å². The van der Waals surface area contributed by atoms with Crippen LogP contribution >= 0.6 is 0 Å². The van der Waals surface area contributed by atoms with Gasteiger partial charge >= 0.3 is 5.97 Å². The largest absolute Gasteiger partial charge is 0.462 e. The molecule has 0 atom stereocenters. The number of aryl methyl sites for hydroxylation is 1. The number of ether oxygens (including phenoxy) is 1. The van der Waals surface area contributed by atoms with Gasteiger partial charge in [-0.1, -0.05) is 19.3 Å². The van der Waals surface area contributed by atoms with Gasteiger partial charge in [0.25, 0.3) is 0 Å². The van der Waals surface area contributed by atoms with Gasteiger partial charge in [-0.3, -0.25) is 14.4 Å². The van der Waals surface area contributed by atoms with Crippen LogP contribution in [0.3, 0.4) is 0 Å². The molecule has 3 fully saturated rings. The molecule has 212 valence electrons. The Labute approximate surface area is 230 Å².